The van der Waals surface area contributed by atoms with E-state index in [1.165, 1.54) is 24.0 Å². The molecule has 1 heterocycles. The lowest BCUT2D eigenvalue weighted by Crippen LogP contribution is -2.51. The molecule has 0 bridgehead atoms. The van der Waals surface area contributed by atoms with E-state index in [4.69, 9.17) is 9.84 Å². The normalized spacial score (nSPS) is 14.5. The summed E-state index contributed by atoms with van der Waals surface area (Å²) in [4.78, 5) is 38.2. The summed E-state index contributed by atoms with van der Waals surface area (Å²) in [6.45, 7) is 2.71. The van der Waals surface area contributed by atoms with Crippen LogP contribution in [0.4, 0.5) is 0 Å². The molecule has 0 aliphatic carbocycles. The van der Waals surface area contributed by atoms with E-state index in [9.17, 15) is 19.5 Å². The molecule has 2 amide bonds. The third-order valence-corrected chi connectivity index (χ3v) is 3.61. The summed E-state index contributed by atoms with van der Waals surface area (Å²) < 4.78 is 4.89. The number of esters is 1. The number of ether oxygens (including phenoxy) is 1. The lowest BCUT2D eigenvalue weighted by Gasteiger charge is -2.34. The number of hydrogen-bond donors (Lipinski definition) is 2. The van der Waals surface area contributed by atoms with Gasteiger partial charge in [-0.2, -0.15) is 0 Å². The van der Waals surface area contributed by atoms with Gasteiger partial charge < -0.3 is 24.7 Å². The van der Waals surface area contributed by atoms with E-state index in [0.29, 0.717) is 26.2 Å². The molecule has 0 saturated carbocycles. The number of piperazine rings is 1. The third-order valence-electron chi connectivity index (χ3n) is 3.61. The molecule has 23 heavy (non-hydrogen) atoms. The highest BCUT2D eigenvalue weighted by Gasteiger charge is 2.23. The first-order valence-electron chi connectivity index (χ1n) is 7.11. The van der Waals surface area contributed by atoms with Gasteiger partial charge in [0.25, 0.3) is 5.91 Å². The molecule has 1 fully saturated rings. The number of carbonyl (C=O) groups is 3. The van der Waals surface area contributed by atoms with Gasteiger partial charge in [0.05, 0.1) is 0 Å². The lowest BCUT2D eigenvalue weighted by atomic mass is 10.2. The Morgan fingerprint density at radius 1 is 1.09 bits per heavy atom. The lowest BCUT2D eigenvalue weighted by molar-refractivity contribution is -0.140. The van der Waals surface area contributed by atoms with E-state index in [2.05, 4.69) is 0 Å². The fourth-order valence-electron chi connectivity index (χ4n) is 2.26. The van der Waals surface area contributed by atoms with E-state index in [0.717, 1.165) is 6.07 Å². The molecule has 0 atom stereocenters. The maximum Gasteiger partial charge on any atom is 0.342 e. The predicted molar refractivity (Wildman–Crippen MR) is 78.9 cm³/mol. The van der Waals surface area contributed by atoms with Crippen LogP contribution in [0.1, 0.15) is 17.3 Å². The van der Waals surface area contributed by atoms with Crippen molar-refractivity contribution in [3.63, 3.8) is 0 Å². The summed E-state index contributed by atoms with van der Waals surface area (Å²) in [5, 5.41) is 18.7. The second kappa shape index (κ2) is 6.99. The van der Waals surface area contributed by atoms with Crippen LogP contribution in [0.3, 0.4) is 0 Å². The van der Waals surface area contributed by atoms with Gasteiger partial charge in [-0.15, -0.1) is 0 Å². The fraction of sp³-hybridized carbons (Fsp3) is 0.400. The van der Waals surface area contributed by atoms with Crippen LogP contribution in [0.15, 0.2) is 18.2 Å². The molecular weight excluding hydrogens is 304 g/mol. The summed E-state index contributed by atoms with van der Waals surface area (Å²) in [7, 11) is 0. The van der Waals surface area contributed by atoms with E-state index >= 15 is 0 Å². The number of phenolic OH excluding ortho intramolecular Hbond substituents is 2. The summed E-state index contributed by atoms with van der Waals surface area (Å²) in [5.41, 5.74) is -0.128. The zero-order valence-corrected chi connectivity index (χ0v) is 12.7. The Morgan fingerprint density at radius 2 is 1.70 bits per heavy atom. The third kappa shape index (κ3) is 4.12. The van der Waals surface area contributed by atoms with Gasteiger partial charge in [0.2, 0.25) is 5.91 Å². The van der Waals surface area contributed by atoms with Crippen LogP contribution in [-0.2, 0) is 14.3 Å². The van der Waals surface area contributed by atoms with E-state index in [1.807, 2.05) is 0 Å². The average molecular weight is 322 g/mol. The molecule has 1 aromatic rings. The van der Waals surface area contributed by atoms with Crippen LogP contribution < -0.4 is 0 Å². The standard InChI is InChI=1S/C15H18N2O6/c1-10(18)16-4-6-17(7-5-16)14(21)9-23-15(22)12-3-2-11(19)8-13(12)20/h2-3,8,19-20H,4-7,9H2,1H3. The van der Waals surface area contributed by atoms with Crippen molar-refractivity contribution >= 4 is 17.8 Å². The predicted octanol–water partition coefficient (Wildman–Crippen LogP) is -0.0547. The van der Waals surface area contributed by atoms with Crippen molar-refractivity contribution in [1.82, 2.24) is 9.80 Å². The van der Waals surface area contributed by atoms with Gasteiger partial charge in [-0.3, -0.25) is 9.59 Å². The summed E-state index contributed by atoms with van der Waals surface area (Å²) >= 11 is 0. The molecule has 8 nitrogen and oxygen atoms in total. The average Bonchev–Trinajstić information content (AvgIpc) is 2.52. The Bertz CT molecular complexity index is 622. The maximum atomic E-state index is 12.0. The summed E-state index contributed by atoms with van der Waals surface area (Å²) in [6.07, 6.45) is 0. The number of hydrogen-bond acceptors (Lipinski definition) is 6. The van der Waals surface area contributed by atoms with Gasteiger partial charge in [-0.25, -0.2) is 4.79 Å². The first-order valence-corrected chi connectivity index (χ1v) is 7.11. The van der Waals surface area contributed by atoms with Crippen molar-refractivity contribution in [1.29, 1.82) is 0 Å². The van der Waals surface area contributed by atoms with Crippen molar-refractivity contribution in [3.8, 4) is 11.5 Å². The Morgan fingerprint density at radius 3 is 2.26 bits per heavy atom. The smallest absolute Gasteiger partial charge is 0.342 e. The molecule has 124 valence electrons. The van der Waals surface area contributed by atoms with Crippen molar-refractivity contribution in [2.45, 2.75) is 6.92 Å². The molecule has 0 aromatic heterocycles. The number of rotatable bonds is 3. The molecule has 8 heteroatoms. The van der Waals surface area contributed by atoms with Gasteiger partial charge >= 0.3 is 5.97 Å². The number of amides is 2. The van der Waals surface area contributed by atoms with E-state index in [-0.39, 0.29) is 23.1 Å². The molecular formula is C15H18N2O6. The number of aromatic hydroxyl groups is 2. The zero-order chi connectivity index (χ0) is 17.0. The first-order chi connectivity index (χ1) is 10.9. The molecule has 2 N–H and O–H groups in total. The molecule has 0 radical (unpaired) electrons. The maximum absolute atomic E-state index is 12.0. The van der Waals surface area contributed by atoms with Crippen LogP contribution in [-0.4, -0.2) is 70.6 Å². The van der Waals surface area contributed by atoms with Crippen molar-refractivity contribution < 1.29 is 29.3 Å². The quantitative estimate of drug-likeness (QED) is 0.755. The van der Waals surface area contributed by atoms with Gasteiger partial charge in [0, 0.05) is 39.2 Å². The van der Waals surface area contributed by atoms with E-state index < -0.39 is 18.3 Å². The highest BCUT2D eigenvalue weighted by molar-refractivity contribution is 5.94. The van der Waals surface area contributed by atoms with Crippen LogP contribution >= 0.6 is 0 Å². The summed E-state index contributed by atoms with van der Waals surface area (Å²) in [6, 6.07) is 3.46. The van der Waals surface area contributed by atoms with Crippen LogP contribution in [0.25, 0.3) is 0 Å². The number of carbonyl (C=O) groups excluding carboxylic acids is 3. The minimum atomic E-state index is -0.849. The number of nitrogens with zero attached hydrogens (tertiary/aromatic N) is 2. The Labute approximate surface area is 132 Å². The SMILES string of the molecule is CC(=O)N1CCN(C(=O)COC(=O)c2ccc(O)cc2O)CC1. The van der Waals surface area contributed by atoms with Crippen molar-refractivity contribution in [2.75, 3.05) is 32.8 Å². The highest BCUT2D eigenvalue weighted by atomic mass is 16.5. The highest BCUT2D eigenvalue weighted by Crippen LogP contribution is 2.23. The number of phenols is 2. The topological polar surface area (TPSA) is 107 Å². The molecule has 0 unspecified atom stereocenters. The van der Waals surface area contributed by atoms with Crippen LogP contribution in [0.5, 0.6) is 11.5 Å². The van der Waals surface area contributed by atoms with E-state index in [1.54, 1.807) is 4.90 Å². The largest absolute Gasteiger partial charge is 0.508 e. The second-order valence-electron chi connectivity index (χ2n) is 5.16. The van der Waals surface area contributed by atoms with Gasteiger partial charge in [-0.05, 0) is 12.1 Å². The van der Waals surface area contributed by atoms with Gasteiger partial charge in [0.15, 0.2) is 6.61 Å². The molecule has 1 aliphatic rings. The monoisotopic (exact) mass is 322 g/mol. The number of benzene rings is 1. The minimum Gasteiger partial charge on any atom is -0.508 e. The molecule has 0 spiro atoms. The molecule has 1 aliphatic heterocycles. The Balaban J connectivity index is 1.85. The Hall–Kier alpha value is -2.77. The minimum absolute atomic E-state index is 0.0358. The summed E-state index contributed by atoms with van der Waals surface area (Å²) in [5.74, 6) is -1.85. The van der Waals surface area contributed by atoms with Crippen LogP contribution in [0.2, 0.25) is 0 Å². The zero-order valence-electron chi connectivity index (χ0n) is 12.7. The first kappa shape index (κ1) is 16.6. The molecule has 1 saturated heterocycles. The molecule has 1 aromatic carbocycles. The Kier molecular flexibility index (Phi) is 5.05. The van der Waals surface area contributed by atoms with Gasteiger partial charge in [0.1, 0.15) is 17.1 Å². The van der Waals surface area contributed by atoms with Crippen LogP contribution in [0, 0.1) is 0 Å². The van der Waals surface area contributed by atoms with Crippen molar-refractivity contribution in [3.05, 3.63) is 23.8 Å². The molecule has 2 rings (SSSR count). The van der Waals surface area contributed by atoms with Crippen molar-refractivity contribution in [2.24, 2.45) is 0 Å². The van der Waals surface area contributed by atoms with Gasteiger partial charge in [-0.1, -0.05) is 0 Å². The fourth-order valence-corrected chi connectivity index (χ4v) is 2.26. The second-order valence-corrected chi connectivity index (χ2v) is 5.16.